The molecular weight excluding hydrogens is 310 g/mol. The summed E-state index contributed by atoms with van der Waals surface area (Å²) in [7, 11) is 0. The zero-order valence-electron chi connectivity index (χ0n) is 12.9. The highest BCUT2D eigenvalue weighted by molar-refractivity contribution is 7.80. The minimum atomic E-state index is 0.451. The molecule has 118 valence electrons. The molecule has 0 saturated carbocycles. The number of pyridine rings is 1. The van der Waals surface area contributed by atoms with E-state index in [4.69, 9.17) is 17.0 Å². The number of fused-ring (bicyclic) bond motifs is 1. The van der Waals surface area contributed by atoms with Gasteiger partial charge in [-0.15, -0.1) is 0 Å². The van der Waals surface area contributed by atoms with Gasteiger partial charge >= 0.3 is 0 Å². The summed E-state index contributed by atoms with van der Waals surface area (Å²) in [5.41, 5.74) is 3.38. The largest absolute Gasteiger partial charge is 0.492 e. The van der Waals surface area contributed by atoms with Gasteiger partial charge in [0.05, 0.1) is 24.0 Å². The summed E-state index contributed by atoms with van der Waals surface area (Å²) in [6.45, 7) is 4.43. The first-order valence-corrected chi connectivity index (χ1v) is 7.68. The maximum atomic E-state index is 5.55. The van der Waals surface area contributed by atoms with Crippen LogP contribution in [0.2, 0.25) is 0 Å². The molecule has 0 saturated heterocycles. The number of rotatable bonds is 4. The summed E-state index contributed by atoms with van der Waals surface area (Å²) < 4.78 is 5.55. The maximum absolute atomic E-state index is 5.55. The summed E-state index contributed by atoms with van der Waals surface area (Å²) in [4.78, 5) is 11.8. The van der Waals surface area contributed by atoms with Gasteiger partial charge in [-0.2, -0.15) is 0 Å². The first kappa shape index (κ1) is 15.2. The lowest BCUT2D eigenvalue weighted by Gasteiger charge is -2.13. The highest BCUT2D eigenvalue weighted by atomic mass is 32.1. The fourth-order valence-corrected chi connectivity index (χ4v) is 2.51. The zero-order valence-corrected chi connectivity index (χ0v) is 13.7. The van der Waals surface area contributed by atoms with Crippen molar-refractivity contribution in [3.05, 3.63) is 42.5 Å². The Morgan fingerprint density at radius 3 is 2.91 bits per heavy atom. The monoisotopic (exact) mass is 327 g/mol. The number of hydrogen-bond acceptors (Lipinski definition) is 4. The number of imidazole rings is 1. The van der Waals surface area contributed by atoms with Crippen molar-refractivity contribution in [2.24, 2.45) is 0 Å². The molecule has 3 N–H and O–H groups in total. The Bertz CT molecular complexity index is 845. The van der Waals surface area contributed by atoms with Crippen LogP contribution in [0.15, 0.2) is 36.7 Å². The van der Waals surface area contributed by atoms with Gasteiger partial charge in [0.25, 0.3) is 0 Å². The minimum absolute atomic E-state index is 0.451. The lowest BCUT2D eigenvalue weighted by Crippen LogP contribution is -2.20. The Hall–Kier alpha value is -2.67. The fourth-order valence-electron chi connectivity index (χ4n) is 2.29. The molecule has 7 heteroatoms. The number of anilines is 2. The first-order chi connectivity index (χ1) is 11.2. The molecule has 0 aliphatic carbocycles. The molecule has 3 aromatic rings. The van der Waals surface area contributed by atoms with Crippen LogP contribution in [0.25, 0.3) is 11.0 Å². The molecule has 1 aromatic carbocycles. The SMILES string of the molecule is CCOc1ccncc1NC(=S)Nc1cccc2[nH]c(C)nc12. The number of para-hydroxylation sites is 1. The average molecular weight is 327 g/mol. The lowest BCUT2D eigenvalue weighted by molar-refractivity contribution is 0.341. The highest BCUT2D eigenvalue weighted by Crippen LogP contribution is 2.24. The standard InChI is InChI=1S/C16H17N5OS/c1-3-22-14-7-8-17-9-13(14)21-16(23)20-12-6-4-5-11-15(12)19-10(2)18-11/h4-9H,3H2,1-2H3,(H,18,19)(H2,20,21,23). The van der Waals surface area contributed by atoms with Crippen molar-refractivity contribution in [2.75, 3.05) is 17.2 Å². The third kappa shape index (κ3) is 3.40. The second-order valence-electron chi connectivity index (χ2n) is 4.91. The van der Waals surface area contributed by atoms with Gasteiger partial charge in [-0.3, -0.25) is 4.98 Å². The van der Waals surface area contributed by atoms with Gasteiger partial charge in [-0.05, 0) is 38.2 Å². The number of aromatic amines is 1. The van der Waals surface area contributed by atoms with Gasteiger partial charge < -0.3 is 20.4 Å². The van der Waals surface area contributed by atoms with Crippen molar-refractivity contribution in [3.8, 4) is 5.75 Å². The second-order valence-corrected chi connectivity index (χ2v) is 5.32. The van der Waals surface area contributed by atoms with Crippen molar-refractivity contribution < 1.29 is 4.74 Å². The summed E-state index contributed by atoms with van der Waals surface area (Å²) in [5.74, 6) is 1.57. The van der Waals surface area contributed by atoms with Crippen LogP contribution >= 0.6 is 12.2 Å². The van der Waals surface area contributed by atoms with Gasteiger partial charge in [-0.1, -0.05) is 6.07 Å². The van der Waals surface area contributed by atoms with Gasteiger partial charge in [0.1, 0.15) is 22.8 Å². The number of ether oxygens (including phenoxy) is 1. The predicted molar refractivity (Wildman–Crippen MR) is 96.1 cm³/mol. The molecule has 0 unspecified atom stereocenters. The van der Waals surface area contributed by atoms with Gasteiger partial charge in [0.2, 0.25) is 0 Å². The number of aryl methyl sites for hydroxylation is 1. The second kappa shape index (κ2) is 6.62. The third-order valence-corrected chi connectivity index (χ3v) is 3.41. The maximum Gasteiger partial charge on any atom is 0.175 e. The van der Waals surface area contributed by atoms with Crippen LogP contribution in [0.1, 0.15) is 12.7 Å². The third-order valence-electron chi connectivity index (χ3n) is 3.21. The first-order valence-electron chi connectivity index (χ1n) is 7.27. The fraction of sp³-hybridized carbons (Fsp3) is 0.188. The smallest absolute Gasteiger partial charge is 0.175 e. The normalized spacial score (nSPS) is 10.5. The van der Waals surface area contributed by atoms with Crippen LogP contribution in [0, 0.1) is 6.92 Å². The van der Waals surface area contributed by atoms with Gasteiger partial charge in [-0.25, -0.2) is 4.98 Å². The van der Waals surface area contributed by atoms with E-state index in [1.54, 1.807) is 18.5 Å². The average Bonchev–Trinajstić information content (AvgIpc) is 2.91. The number of nitrogens with one attached hydrogen (secondary N) is 3. The van der Waals surface area contributed by atoms with E-state index >= 15 is 0 Å². The Morgan fingerprint density at radius 1 is 1.26 bits per heavy atom. The number of hydrogen-bond donors (Lipinski definition) is 3. The molecule has 0 spiro atoms. The van der Waals surface area contributed by atoms with Crippen LogP contribution in [-0.4, -0.2) is 26.7 Å². The number of nitrogens with zero attached hydrogens (tertiary/aromatic N) is 2. The predicted octanol–water partition coefficient (Wildman–Crippen LogP) is 3.47. The Balaban J connectivity index is 1.79. The molecule has 0 aliphatic heterocycles. The van der Waals surface area contributed by atoms with Crippen LogP contribution in [0.4, 0.5) is 11.4 Å². The topological polar surface area (TPSA) is 74.9 Å². The van der Waals surface area contributed by atoms with E-state index in [-0.39, 0.29) is 0 Å². The molecule has 0 atom stereocenters. The molecule has 0 fully saturated rings. The molecule has 0 bridgehead atoms. The summed E-state index contributed by atoms with van der Waals surface area (Å²) in [5, 5.41) is 6.73. The van der Waals surface area contributed by atoms with Crippen LogP contribution in [-0.2, 0) is 0 Å². The lowest BCUT2D eigenvalue weighted by atomic mass is 10.2. The van der Waals surface area contributed by atoms with E-state index in [1.165, 1.54) is 0 Å². The van der Waals surface area contributed by atoms with E-state index in [0.29, 0.717) is 17.5 Å². The Kier molecular flexibility index (Phi) is 4.38. The summed E-state index contributed by atoms with van der Waals surface area (Å²) in [6.07, 6.45) is 3.36. The van der Waals surface area contributed by atoms with E-state index < -0.39 is 0 Å². The molecule has 0 radical (unpaired) electrons. The van der Waals surface area contributed by atoms with Crippen molar-refractivity contribution in [1.29, 1.82) is 0 Å². The Labute approximate surface area is 139 Å². The highest BCUT2D eigenvalue weighted by Gasteiger charge is 2.09. The van der Waals surface area contributed by atoms with Gasteiger partial charge in [0, 0.05) is 12.3 Å². The van der Waals surface area contributed by atoms with Crippen molar-refractivity contribution in [2.45, 2.75) is 13.8 Å². The van der Waals surface area contributed by atoms with Crippen molar-refractivity contribution >= 4 is 39.7 Å². The molecular formula is C16H17N5OS. The summed E-state index contributed by atoms with van der Waals surface area (Å²) >= 11 is 5.39. The molecule has 2 aromatic heterocycles. The molecule has 2 heterocycles. The van der Waals surface area contributed by atoms with Crippen LogP contribution in [0.3, 0.4) is 0 Å². The minimum Gasteiger partial charge on any atom is -0.492 e. The van der Waals surface area contributed by atoms with E-state index in [0.717, 1.165) is 28.2 Å². The van der Waals surface area contributed by atoms with E-state index in [2.05, 4.69) is 25.6 Å². The summed E-state index contributed by atoms with van der Waals surface area (Å²) in [6, 6.07) is 7.65. The molecule has 6 nitrogen and oxygen atoms in total. The Morgan fingerprint density at radius 2 is 2.09 bits per heavy atom. The van der Waals surface area contributed by atoms with Crippen LogP contribution in [0.5, 0.6) is 5.75 Å². The molecule has 0 amide bonds. The van der Waals surface area contributed by atoms with Crippen LogP contribution < -0.4 is 15.4 Å². The number of thiocarbonyl (C=S) groups is 1. The quantitative estimate of drug-likeness (QED) is 0.637. The zero-order chi connectivity index (χ0) is 16.2. The van der Waals surface area contributed by atoms with E-state index in [1.807, 2.05) is 32.0 Å². The van der Waals surface area contributed by atoms with Crippen molar-refractivity contribution in [1.82, 2.24) is 15.0 Å². The van der Waals surface area contributed by atoms with E-state index in [9.17, 15) is 0 Å². The number of benzene rings is 1. The number of aromatic nitrogens is 3. The molecule has 0 aliphatic rings. The molecule has 3 rings (SSSR count). The number of H-pyrrole nitrogens is 1. The molecule has 23 heavy (non-hydrogen) atoms. The van der Waals surface area contributed by atoms with Gasteiger partial charge in [0.15, 0.2) is 5.11 Å². The van der Waals surface area contributed by atoms with Crippen molar-refractivity contribution in [3.63, 3.8) is 0 Å².